The molecule has 3 aliphatic heterocycles. The molecule has 4 atom stereocenters. The number of carboxylic acids is 1. The van der Waals surface area contributed by atoms with Crippen LogP contribution in [-0.4, -0.2) is 63.6 Å². The van der Waals surface area contributed by atoms with Gasteiger partial charge in [-0.15, -0.1) is 11.8 Å². The van der Waals surface area contributed by atoms with E-state index in [0.717, 1.165) is 0 Å². The molecule has 3 rings (SSSR count). The summed E-state index contributed by atoms with van der Waals surface area (Å²) in [5, 5.41) is 18.4. The van der Waals surface area contributed by atoms with E-state index in [-0.39, 0.29) is 28.4 Å². The SMILES string of the molecule is C[C@@H](O)[C@H]1C(=O)N2C(C(=O)O)=C(SC3CCS(=O)(=O)C3)S[C@H]12. The number of aliphatic hydroxyl groups is 1. The molecule has 3 aliphatic rings. The molecule has 0 aromatic rings. The van der Waals surface area contributed by atoms with Crippen LogP contribution in [0.25, 0.3) is 0 Å². The first-order chi connectivity index (χ1) is 10.2. The Bertz CT molecular complexity index is 670. The molecule has 1 amide bonds. The molecular weight excluding hydrogens is 350 g/mol. The van der Waals surface area contributed by atoms with Crippen LogP contribution in [0.1, 0.15) is 13.3 Å². The summed E-state index contributed by atoms with van der Waals surface area (Å²) < 4.78 is 23.5. The van der Waals surface area contributed by atoms with Crippen molar-refractivity contribution in [2.45, 2.75) is 30.1 Å². The van der Waals surface area contributed by atoms with Crippen LogP contribution in [0, 0.1) is 5.92 Å². The van der Waals surface area contributed by atoms with Crippen molar-refractivity contribution < 1.29 is 28.2 Å². The highest BCUT2D eigenvalue weighted by Crippen LogP contribution is 2.55. The van der Waals surface area contributed by atoms with E-state index >= 15 is 0 Å². The molecule has 2 fully saturated rings. The first kappa shape index (κ1) is 16.2. The summed E-state index contributed by atoms with van der Waals surface area (Å²) in [6.07, 6.45) is -0.352. The normalized spacial score (nSPS) is 34.5. The van der Waals surface area contributed by atoms with E-state index in [1.807, 2.05) is 0 Å². The number of carboxylic acid groups (broad SMARTS) is 1. The largest absolute Gasteiger partial charge is 0.477 e. The van der Waals surface area contributed by atoms with Crippen LogP contribution in [0.5, 0.6) is 0 Å². The van der Waals surface area contributed by atoms with Crippen molar-refractivity contribution >= 4 is 45.2 Å². The second-order valence-electron chi connectivity index (χ2n) is 5.57. The molecular formula is C12H15NO6S3. The number of sulfone groups is 1. The molecule has 0 bridgehead atoms. The van der Waals surface area contributed by atoms with Crippen LogP contribution < -0.4 is 0 Å². The lowest BCUT2D eigenvalue weighted by Crippen LogP contribution is -2.60. The Morgan fingerprint density at radius 3 is 2.68 bits per heavy atom. The second-order valence-corrected chi connectivity index (χ2v) is 10.5. The molecule has 3 heterocycles. The molecule has 2 saturated heterocycles. The number of hydrogen-bond donors (Lipinski definition) is 2. The zero-order valence-corrected chi connectivity index (χ0v) is 14.1. The monoisotopic (exact) mass is 365 g/mol. The zero-order valence-electron chi connectivity index (χ0n) is 11.6. The van der Waals surface area contributed by atoms with Crippen LogP contribution in [0.3, 0.4) is 0 Å². The number of nitrogens with zero attached hydrogens (tertiary/aromatic N) is 1. The average molecular weight is 365 g/mol. The van der Waals surface area contributed by atoms with Gasteiger partial charge in [0.25, 0.3) is 0 Å². The fraction of sp³-hybridized carbons (Fsp3) is 0.667. The van der Waals surface area contributed by atoms with Gasteiger partial charge in [0.05, 0.1) is 27.8 Å². The van der Waals surface area contributed by atoms with Crippen molar-refractivity contribution in [1.29, 1.82) is 0 Å². The van der Waals surface area contributed by atoms with Gasteiger partial charge in [0.2, 0.25) is 5.91 Å². The predicted molar refractivity (Wildman–Crippen MR) is 82.7 cm³/mol. The highest BCUT2D eigenvalue weighted by molar-refractivity contribution is 8.23. The summed E-state index contributed by atoms with van der Waals surface area (Å²) in [5.41, 5.74) is -0.0776. The molecule has 0 saturated carbocycles. The summed E-state index contributed by atoms with van der Waals surface area (Å²) in [4.78, 5) is 24.7. The Hall–Kier alpha value is -0.710. The molecule has 0 aromatic carbocycles. The van der Waals surface area contributed by atoms with Crippen molar-refractivity contribution in [3.8, 4) is 0 Å². The number of rotatable bonds is 4. The number of aliphatic carboxylic acids is 1. The number of aliphatic hydroxyl groups excluding tert-OH is 1. The van der Waals surface area contributed by atoms with E-state index in [1.54, 1.807) is 0 Å². The third-order valence-corrected chi connectivity index (χ3v) is 8.79. The highest BCUT2D eigenvalue weighted by Gasteiger charge is 2.58. The number of fused-ring (bicyclic) bond motifs is 1. The Balaban J connectivity index is 1.82. The summed E-state index contributed by atoms with van der Waals surface area (Å²) >= 11 is 2.46. The standard InChI is InChI=1S/C12H15NO6S3/c1-5(14)7-9(15)13-8(11(16)17)12(21-10(7)13)20-6-2-3-22(18,19)4-6/h5-7,10,14H,2-4H2,1H3,(H,16,17)/t5-,6?,7+,10-/m1/s1. The molecule has 0 aromatic heterocycles. The van der Waals surface area contributed by atoms with Gasteiger partial charge in [-0.05, 0) is 13.3 Å². The van der Waals surface area contributed by atoms with Gasteiger partial charge in [0.15, 0.2) is 15.5 Å². The fourth-order valence-electron chi connectivity index (χ4n) is 2.84. The van der Waals surface area contributed by atoms with E-state index < -0.39 is 33.2 Å². The van der Waals surface area contributed by atoms with Gasteiger partial charge in [-0.3, -0.25) is 9.69 Å². The van der Waals surface area contributed by atoms with Crippen LogP contribution >= 0.6 is 23.5 Å². The topological polar surface area (TPSA) is 112 Å². The quantitative estimate of drug-likeness (QED) is 0.673. The Morgan fingerprint density at radius 2 is 2.18 bits per heavy atom. The van der Waals surface area contributed by atoms with Gasteiger partial charge >= 0.3 is 5.97 Å². The van der Waals surface area contributed by atoms with Crippen LogP contribution in [-0.2, 0) is 19.4 Å². The van der Waals surface area contributed by atoms with Crippen molar-refractivity contribution in [2.75, 3.05) is 11.5 Å². The van der Waals surface area contributed by atoms with Gasteiger partial charge in [0, 0.05) is 5.25 Å². The van der Waals surface area contributed by atoms with E-state index in [9.17, 15) is 28.2 Å². The van der Waals surface area contributed by atoms with E-state index in [2.05, 4.69) is 0 Å². The summed E-state index contributed by atoms with van der Waals surface area (Å²) in [6, 6.07) is 0. The van der Waals surface area contributed by atoms with Gasteiger partial charge in [-0.25, -0.2) is 13.2 Å². The minimum atomic E-state index is -3.04. The minimum absolute atomic E-state index is 0.0348. The second kappa shape index (κ2) is 5.43. The van der Waals surface area contributed by atoms with Gasteiger partial charge in [-0.1, -0.05) is 11.8 Å². The van der Waals surface area contributed by atoms with Crippen LogP contribution in [0.2, 0.25) is 0 Å². The molecule has 0 spiro atoms. The van der Waals surface area contributed by atoms with E-state index in [4.69, 9.17) is 0 Å². The predicted octanol–water partition coefficient (Wildman–Crippen LogP) is 0.0725. The number of thioether (sulfide) groups is 2. The summed E-state index contributed by atoms with van der Waals surface area (Å²) in [5.74, 6) is -2.04. The molecule has 0 aliphatic carbocycles. The maximum atomic E-state index is 12.0. The average Bonchev–Trinajstić information content (AvgIpc) is 2.87. The van der Waals surface area contributed by atoms with Crippen molar-refractivity contribution in [3.63, 3.8) is 0 Å². The highest BCUT2D eigenvalue weighted by atomic mass is 32.2. The molecule has 2 N–H and O–H groups in total. The van der Waals surface area contributed by atoms with Crippen LogP contribution in [0.4, 0.5) is 0 Å². The number of amides is 1. The summed E-state index contributed by atoms with van der Waals surface area (Å²) in [6.45, 7) is 1.51. The molecule has 7 nitrogen and oxygen atoms in total. The van der Waals surface area contributed by atoms with Gasteiger partial charge in [-0.2, -0.15) is 0 Å². The Kier molecular flexibility index (Phi) is 3.99. The molecule has 22 heavy (non-hydrogen) atoms. The number of hydrogen-bond acceptors (Lipinski definition) is 7. The molecule has 0 radical (unpaired) electrons. The van der Waals surface area contributed by atoms with Gasteiger partial charge in [0.1, 0.15) is 5.37 Å². The molecule has 10 heteroatoms. The minimum Gasteiger partial charge on any atom is -0.477 e. The van der Waals surface area contributed by atoms with E-state index in [1.165, 1.54) is 35.3 Å². The first-order valence-electron chi connectivity index (χ1n) is 6.73. The number of carbonyl (C=O) groups is 2. The van der Waals surface area contributed by atoms with Gasteiger partial charge < -0.3 is 10.2 Å². The lowest BCUT2D eigenvalue weighted by molar-refractivity contribution is -0.156. The summed E-state index contributed by atoms with van der Waals surface area (Å²) in [7, 11) is -3.04. The smallest absolute Gasteiger partial charge is 0.354 e. The third-order valence-electron chi connectivity index (χ3n) is 3.93. The number of carbonyl (C=O) groups excluding carboxylic acids is 1. The maximum Gasteiger partial charge on any atom is 0.354 e. The van der Waals surface area contributed by atoms with E-state index in [0.29, 0.717) is 10.7 Å². The van der Waals surface area contributed by atoms with Crippen molar-refractivity contribution in [1.82, 2.24) is 4.90 Å². The fourth-order valence-corrected chi connectivity index (χ4v) is 8.51. The Morgan fingerprint density at radius 1 is 1.50 bits per heavy atom. The maximum absolute atomic E-state index is 12.0. The van der Waals surface area contributed by atoms with Crippen molar-refractivity contribution in [2.24, 2.45) is 5.92 Å². The lowest BCUT2D eigenvalue weighted by atomic mass is 9.92. The number of β-lactam (4-membered cyclic amide) rings is 1. The Labute approximate surface area is 136 Å². The lowest BCUT2D eigenvalue weighted by Gasteiger charge is -2.43. The third kappa shape index (κ3) is 2.55. The zero-order chi connectivity index (χ0) is 16.2. The van der Waals surface area contributed by atoms with Crippen molar-refractivity contribution in [3.05, 3.63) is 9.93 Å². The first-order valence-corrected chi connectivity index (χ1v) is 10.3. The van der Waals surface area contributed by atoms with Crippen LogP contribution in [0.15, 0.2) is 9.93 Å². The molecule has 1 unspecified atom stereocenters. The molecule has 122 valence electrons.